The van der Waals surface area contributed by atoms with E-state index >= 15 is 0 Å². The number of methoxy groups -OCH3 is 1. The molecule has 7 nitrogen and oxygen atoms in total. The maximum Gasteiger partial charge on any atom is 0.324 e. The average Bonchev–Trinajstić information content (AvgIpc) is 3.37. The normalized spacial score (nSPS) is 16.0. The molecule has 0 aliphatic carbocycles. The van der Waals surface area contributed by atoms with E-state index < -0.39 is 29.6 Å². The van der Waals surface area contributed by atoms with Gasteiger partial charge in [0, 0.05) is 36.9 Å². The number of hydrogen-bond acceptors (Lipinski definition) is 6. The number of H-pyrrole nitrogens is 1. The lowest BCUT2D eigenvalue weighted by Gasteiger charge is -2.36. The van der Waals surface area contributed by atoms with E-state index in [1.165, 1.54) is 0 Å². The van der Waals surface area contributed by atoms with Crippen LogP contribution in [0, 0.1) is 5.92 Å². The van der Waals surface area contributed by atoms with Crippen LogP contribution in [0.1, 0.15) is 36.5 Å². The zero-order valence-electron chi connectivity index (χ0n) is 22.5. The van der Waals surface area contributed by atoms with Gasteiger partial charge in [0.1, 0.15) is 6.61 Å². The number of hydrogen-bond donors (Lipinski definition) is 1. The highest BCUT2D eigenvalue weighted by Gasteiger charge is 2.48. The molecule has 40 heavy (non-hydrogen) atoms. The van der Waals surface area contributed by atoms with Crippen LogP contribution < -0.4 is 9.47 Å². The minimum absolute atomic E-state index is 0.347. The Morgan fingerprint density at radius 2 is 1.55 bits per heavy atom. The van der Waals surface area contributed by atoms with E-state index in [1.54, 1.807) is 21.0 Å². The van der Waals surface area contributed by atoms with Crippen LogP contribution in [0.4, 0.5) is 0 Å². The van der Waals surface area contributed by atoms with E-state index in [0.717, 1.165) is 32.8 Å². The van der Waals surface area contributed by atoms with Crippen LogP contribution in [0.15, 0.2) is 91.1 Å². The number of ether oxygens (including phenoxy) is 4. The van der Waals surface area contributed by atoms with Gasteiger partial charge in [-0.3, -0.25) is 9.59 Å². The van der Waals surface area contributed by atoms with Gasteiger partial charge < -0.3 is 23.9 Å². The predicted octanol–water partition coefficient (Wildman–Crippen LogP) is 6.49. The minimum Gasteiger partial charge on any atom is -0.493 e. The summed E-state index contributed by atoms with van der Waals surface area (Å²) in [4.78, 5) is 29.8. The van der Waals surface area contributed by atoms with E-state index in [0.29, 0.717) is 23.7 Å². The Morgan fingerprint density at radius 3 is 2.33 bits per heavy atom. The second kappa shape index (κ2) is 10.1. The van der Waals surface area contributed by atoms with Crippen LogP contribution in [-0.4, -0.2) is 29.8 Å². The van der Waals surface area contributed by atoms with Crippen molar-refractivity contribution in [1.82, 2.24) is 4.98 Å². The molecule has 1 saturated heterocycles. The standard InChI is InChI=1S/C33H29NO6/c1-33(2)39-31(35)30(32(36)40-33)29(25-18-34-26-14-7-6-13-24(25)26)21-15-16-27(28(17-21)37-3)38-19-22-11-8-10-20-9-4-5-12-23(20)22/h4-18,29-30,34H,19H2,1-3H3/t29-/m1/s1. The molecule has 1 aromatic heterocycles. The van der Waals surface area contributed by atoms with Crippen molar-refractivity contribution < 1.29 is 28.5 Å². The summed E-state index contributed by atoms with van der Waals surface area (Å²) in [5.41, 5.74) is 3.41. The van der Waals surface area contributed by atoms with E-state index in [2.05, 4.69) is 23.2 Å². The molecule has 5 aromatic rings. The van der Waals surface area contributed by atoms with Gasteiger partial charge in [0.05, 0.1) is 7.11 Å². The fourth-order valence-electron chi connectivity index (χ4n) is 5.47. The van der Waals surface area contributed by atoms with Gasteiger partial charge in [0.15, 0.2) is 17.4 Å². The molecule has 1 aliphatic heterocycles. The summed E-state index contributed by atoms with van der Waals surface area (Å²) < 4.78 is 23.0. The molecular weight excluding hydrogens is 506 g/mol. The van der Waals surface area contributed by atoms with Crippen molar-refractivity contribution in [3.8, 4) is 11.5 Å². The number of esters is 2. The fraction of sp³-hybridized carbons (Fsp3) is 0.212. The predicted molar refractivity (Wildman–Crippen MR) is 151 cm³/mol. The number of carbonyl (C=O) groups excluding carboxylic acids is 2. The molecule has 0 bridgehead atoms. The first-order chi connectivity index (χ1) is 19.3. The van der Waals surface area contributed by atoms with Crippen molar-refractivity contribution >= 4 is 33.6 Å². The van der Waals surface area contributed by atoms with Crippen LogP contribution in [-0.2, 0) is 25.7 Å². The lowest BCUT2D eigenvalue weighted by molar-refractivity contribution is -0.240. The van der Waals surface area contributed by atoms with Gasteiger partial charge in [0.2, 0.25) is 0 Å². The van der Waals surface area contributed by atoms with Crippen LogP contribution in [0.25, 0.3) is 21.7 Å². The lowest BCUT2D eigenvalue weighted by Crippen LogP contribution is -2.48. The number of rotatable bonds is 7. The molecule has 1 aliphatic rings. The Morgan fingerprint density at radius 1 is 0.850 bits per heavy atom. The zero-order valence-corrected chi connectivity index (χ0v) is 22.5. The molecule has 202 valence electrons. The Bertz CT molecular complexity index is 1710. The molecule has 4 aromatic carbocycles. The Kier molecular flexibility index (Phi) is 6.42. The van der Waals surface area contributed by atoms with Gasteiger partial charge in [-0.1, -0.05) is 66.7 Å². The lowest BCUT2D eigenvalue weighted by atomic mass is 9.80. The number of aromatic nitrogens is 1. The summed E-state index contributed by atoms with van der Waals surface area (Å²) in [6, 6.07) is 27.5. The van der Waals surface area contributed by atoms with Gasteiger partial charge in [-0.25, -0.2) is 0 Å². The van der Waals surface area contributed by atoms with Crippen molar-refractivity contribution in [2.24, 2.45) is 5.92 Å². The summed E-state index contributed by atoms with van der Waals surface area (Å²) in [5.74, 6) is -3.44. The summed E-state index contributed by atoms with van der Waals surface area (Å²) in [5, 5.41) is 3.16. The third kappa shape index (κ3) is 4.64. The second-order valence-electron chi connectivity index (χ2n) is 10.3. The Hall–Kier alpha value is -4.78. The van der Waals surface area contributed by atoms with Crippen molar-refractivity contribution in [1.29, 1.82) is 0 Å². The molecule has 1 fully saturated rings. The molecule has 0 saturated carbocycles. The SMILES string of the molecule is COc1cc([C@H](c2c[nH]c3ccccc23)C2C(=O)OC(C)(C)OC2=O)ccc1OCc1cccc2ccccc12. The van der Waals surface area contributed by atoms with Crippen LogP contribution in [0.2, 0.25) is 0 Å². The monoisotopic (exact) mass is 535 g/mol. The van der Waals surface area contributed by atoms with Gasteiger partial charge in [0.25, 0.3) is 5.79 Å². The molecule has 1 atom stereocenters. The molecule has 7 heteroatoms. The number of fused-ring (bicyclic) bond motifs is 2. The number of carbonyl (C=O) groups is 2. The molecule has 6 rings (SSSR count). The maximum absolute atomic E-state index is 13.3. The summed E-state index contributed by atoms with van der Waals surface area (Å²) in [6.45, 7) is 3.44. The van der Waals surface area contributed by atoms with E-state index in [9.17, 15) is 9.59 Å². The van der Waals surface area contributed by atoms with Crippen LogP contribution >= 0.6 is 0 Å². The highest BCUT2D eigenvalue weighted by Crippen LogP contribution is 2.43. The minimum atomic E-state index is -1.33. The third-order valence-electron chi connectivity index (χ3n) is 7.30. The van der Waals surface area contributed by atoms with Crippen molar-refractivity contribution in [2.75, 3.05) is 7.11 Å². The Labute approximate surface area is 231 Å². The molecule has 0 amide bonds. The van der Waals surface area contributed by atoms with Crippen molar-refractivity contribution in [3.05, 3.63) is 108 Å². The van der Waals surface area contributed by atoms with Gasteiger partial charge >= 0.3 is 11.9 Å². The summed E-state index contributed by atoms with van der Waals surface area (Å²) >= 11 is 0. The first-order valence-corrected chi connectivity index (χ1v) is 13.1. The van der Waals surface area contributed by atoms with E-state index in [4.69, 9.17) is 18.9 Å². The molecule has 0 radical (unpaired) electrons. The second-order valence-corrected chi connectivity index (χ2v) is 10.3. The largest absolute Gasteiger partial charge is 0.493 e. The topological polar surface area (TPSA) is 86.9 Å². The molecular formula is C33H29NO6. The summed E-state index contributed by atoms with van der Waals surface area (Å²) in [7, 11) is 1.57. The van der Waals surface area contributed by atoms with Crippen LogP contribution in [0.3, 0.4) is 0 Å². The van der Waals surface area contributed by atoms with Crippen LogP contribution in [0.5, 0.6) is 11.5 Å². The first-order valence-electron chi connectivity index (χ1n) is 13.1. The average molecular weight is 536 g/mol. The maximum atomic E-state index is 13.3. The van der Waals surface area contributed by atoms with E-state index in [-0.39, 0.29) is 0 Å². The molecule has 0 unspecified atom stereocenters. The number of nitrogens with one attached hydrogen (secondary N) is 1. The van der Waals surface area contributed by atoms with Gasteiger partial charge in [-0.05, 0) is 45.7 Å². The molecule has 1 N–H and O–H groups in total. The van der Waals surface area contributed by atoms with Crippen molar-refractivity contribution in [2.45, 2.75) is 32.2 Å². The quantitative estimate of drug-likeness (QED) is 0.189. The van der Waals surface area contributed by atoms with Gasteiger partial charge in [-0.15, -0.1) is 0 Å². The number of cyclic esters (lactones) is 2. The van der Waals surface area contributed by atoms with Crippen molar-refractivity contribution in [3.63, 3.8) is 0 Å². The third-order valence-corrected chi connectivity index (χ3v) is 7.30. The number of para-hydroxylation sites is 1. The number of aromatic amines is 1. The summed E-state index contributed by atoms with van der Waals surface area (Å²) in [6.07, 6.45) is 1.83. The zero-order chi connectivity index (χ0) is 27.9. The van der Waals surface area contributed by atoms with Gasteiger partial charge in [-0.2, -0.15) is 0 Å². The highest BCUT2D eigenvalue weighted by molar-refractivity contribution is 5.99. The smallest absolute Gasteiger partial charge is 0.324 e. The number of benzene rings is 4. The van der Waals surface area contributed by atoms with E-state index in [1.807, 2.05) is 72.9 Å². The fourth-order valence-corrected chi connectivity index (χ4v) is 5.47. The molecule has 2 heterocycles. The highest BCUT2D eigenvalue weighted by atomic mass is 16.7. The Balaban J connectivity index is 1.39. The first kappa shape index (κ1) is 25.5. The molecule has 0 spiro atoms.